The van der Waals surface area contributed by atoms with Crippen LogP contribution in [-0.2, 0) is 22.5 Å². The van der Waals surface area contributed by atoms with Crippen molar-refractivity contribution < 1.29 is 24.8 Å². The molecule has 0 bridgehead atoms. The van der Waals surface area contributed by atoms with Gasteiger partial charge in [-0.2, -0.15) is 12.6 Å². The lowest BCUT2D eigenvalue weighted by molar-refractivity contribution is -0.178. The van der Waals surface area contributed by atoms with E-state index in [-0.39, 0.29) is 12.7 Å². The monoisotopic (exact) mass is 436 g/mol. The largest absolute Gasteiger partial charge is 0.392 e. The van der Waals surface area contributed by atoms with Gasteiger partial charge in [-0.3, -0.25) is 0 Å². The molecule has 168 valence electrons. The maximum Gasteiger partial charge on any atom is 0.100 e. The zero-order valence-electron chi connectivity index (χ0n) is 18.4. The van der Waals surface area contributed by atoms with Crippen molar-refractivity contribution in [3.05, 3.63) is 47.0 Å². The minimum atomic E-state index is -1.18. The summed E-state index contributed by atoms with van der Waals surface area (Å²) in [6, 6.07) is 7.68. The smallest absolute Gasteiger partial charge is 0.100 e. The highest BCUT2D eigenvalue weighted by Crippen LogP contribution is 2.56. The van der Waals surface area contributed by atoms with Gasteiger partial charge in [0.2, 0.25) is 0 Å². The molecule has 2 aliphatic rings. The molecular weight excluding hydrogens is 400 g/mol. The Morgan fingerprint density at radius 3 is 2.60 bits per heavy atom. The first kappa shape index (κ1) is 23.8. The quantitative estimate of drug-likeness (QED) is 0.286. The van der Waals surface area contributed by atoms with Gasteiger partial charge in [0.05, 0.1) is 30.5 Å². The van der Waals surface area contributed by atoms with Crippen molar-refractivity contribution in [1.82, 2.24) is 0 Å². The van der Waals surface area contributed by atoms with Crippen LogP contribution in [-0.4, -0.2) is 57.2 Å². The number of epoxide rings is 1. The van der Waals surface area contributed by atoms with E-state index in [1.807, 2.05) is 31.2 Å². The molecule has 2 fully saturated rings. The first-order valence-electron chi connectivity index (χ1n) is 10.8. The molecular formula is C24H36O5S. The van der Waals surface area contributed by atoms with Crippen LogP contribution in [0.1, 0.15) is 51.2 Å². The van der Waals surface area contributed by atoms with Crippen molar-refractivity contribution in [3.63, 3.8) is 0 Å². The summed E-state index contributed by atoms with van der Waals surface area (Å²) < 4.78 is 11.9. The molecule has 3 N–H and O–H groups in total. The second-order valence-electron chi connectivity index (χ2n) is 9.23. The molecule has 1 saturated carbocycles. The number of methoxy groups -OCH3 is 1. The van der Waals surface area contributed by atoms with Gasteiger partial charge < -0.3 is 24.8 Å². The first-order valence-corrected chi connectivity index (χ1v) is 11.3. The van der Waals surface area contributed by atoms with Gasteiger partial charge in [0.15, 0.2) is 0 Å². The second kappa shape index (κ2) is 9.31. The van der Waals surface area contributed by atoms with Gasteiger partial charge in [-0.1, -0.05) is 35.9 Å². The van der Waals surface area contributed by atoms with E-state index in [0.717, 1.165) is 17.5 Å². The van der Waals surface area contributed by atoms with Crippen LogP contribution < -0.4 is 0 Å². The highest BCUT2D eigenvalue weighted by atomic mass is 32.1. The van der Waals surface area contributed by atoms with Crippen molar-refractivity contribution in [3.8, 4) is 0 Å². The van der Waals surface area contributed by atoms with E-state index in [0.29, 0.717) is 19.3 Å². The molecule has 30 heavy (non-hydrogen) atoms. The van der Waals surface area contributed by atoms with Crippen LogP contribution in [0.25, 0.3) is 0 Å². The molecule has 3 rings (SSSR count). The second-order valence-corrected chi connectivity index (χ2v) is 9.85. The van der Waals surface area contributed by atoms with Crippen LogP contribution in [0.3, 0.4) is 0 Å². The Morgan fingerprint density at radius 1 is 1.33 bits per heavy atom. The number of hydrogen-bond donors (Lipinski definition) is 4. The Balaban J connectivity index is 1.90. The van der Waals surface area contributed by atoms with E-state index in [4.69, 9.17) is 22.1 Å². The minimum Gasteiger partial charge on any atom is -0.392 e. The van der Waals surface area contributed by atoms with Gasteiger partial charge in [-0.05, 0) is 57.6 Å². The fourth-order valence-corrected chi connectivity index (χ4v) is 5.65. The van der Waals surface area contributed by atoms with Crippen molar-refractivity contribution in [2.75, 3.05) is 7.11 Å². The topological polar surface area (TPSA) is 82.5 Å². The van der Waals surface area contributed by atoms with Gasteiger partial charge in [-0.15, -0.1) is 0 Å². The molecule has 1 saturated heterocycles. The number of benzene rings is 1. The number of ether oxygens (including phenoxy) is 2. The van der Waals surface area contributed by atoms with Crippen LogP contribution in [0.15, 0.2) is 35.9 Å². The summed E-state index contributed by atoms with van der Waals surface area (Å²) in [5.74, 6) is -0.418. The lowest BCUT2D eigenvalue weighted by atomic mass is 9.63. The average Bonchev–Trinajstić information content (AvgIpc) is 3.38. The lowest BCUT2D eigenvalue weighted by Crippen LogP contribution is -2.63. The Morgan fingerprint density at radius 2 is 2.00 bits per heavy atom. The van der Waals surface area contributed by atoms with E-state index in [2.05, 4.69) is 19.9 Å². The summed E-state index contributed by atoms with van der Waals surface area (Å²) in [5.41, 5.74) is 1.25. The number of aliphatic hydroxyl groups is 3. The van der Waals surface area contributed by atoms with Crippen LogP contribution >= 0.6 is 12.6 Å². The number of rotatable bonds is 8. The molecule has 1 aromatic rings. The summed E-state index contributed by atoms with van der Waals surface area (Å²) in [4.78, 5) is 0. The minimum absolute atomic E-state index is 0.0304. The maximum absolute atomic E-state index is 12.0. The van der Waals surface area contributed by atoms with E-state index in [1.54, 1.807) is 7.11 Å². The molecule has 7 atom stereocenters. The molecule has 1 aliphatic heterocycles. The molecule has 5 nitrogen and oxygen atoms in total. The average molecular weight is 437 g/mol. The number of aliphatic hydroxyl groups excluding tert-OH is 2. The van der Waals surface area contributed by atoms with Crippen LogP contribution in [0.2, 0.25) is 0 Å². The molecule has 7 unspecified atom stereocenters. The molecule has 6 heteroatoms. The third-order valence-electron chi connectivity index (χ3n) is 6.97. The van der Waals surface area contributed by atoms with E-state index >= 15 is 0 Å². The van der Waals surface area contributed by atoms with Crippen LogP contribution in [0.4, 0.5) is 0 Å². The molecule has 0 spiro atoms. The van der Waals surface area contributed by atoms with Gasteiger partial charge in [0, 0.05) is 18.3 Å². The molecule has 1 heterocycles. The zero-order chi connectivity index (χ0) is 22.1. The van der Waals surface area contributed by atoms with E-state index in [1.165, 1.54) is 5.57 Å². The van der Waals surface area contributed by atoms with E-state index in [9.17, 15) is 15.3 Å². The third-order valence-corrected chi connectivity index (χ3v) is 7.60. The molecule has 0 aromatic heterocycles. The van der Waals surface area contributed by atoms with Crippen LogP contribution in [0.5, 0.6) is 0 Å². The molecule has 1 aromatic carbocycles. The number of hydrogen-bond acceptors (Lipinski definition) is 6. The number of thiol groups is 1. The predicted octanol–water partition coefficient (Wildman–Crippen LogP) is 3.05. The highest BCUT2D eigenvalue weighted by Gasteiger charge is 2.68. The van der Waals surface area contributed by atoms with Crippen LogP contribution in [0, 0.1) is 5.92 Å². The van der Waals surface area contributed by atoms with Crippen molar-refractivity contribution >= 4 is 12.6 Å². The third kappa shape index (κ3) is 4.50. The van der Waals surface area contributed by atoms with Crippen molar-refractivity contribution in [1.29, 1.82) is 0 Å². The fourth-order valence-electron chi connectivity index (χ4n) is 5.16. The van der Waals surface area contributed by atoms with E-state index < -0.39 is 34.6 Å². The van der Waals surface area contributed by atoms with Gasteiger partial charge in [0.25, 0.3) is 0 Å². The Labute approximate surface area is 185 Å². The summed E-state index contributed by atoms with van der Waals surface area (Å²) in [7, 11) is 1.58. The molecule has 0 radical (unpaired) electrons. The molecule has 0 amide bonds. The van der Waals surface area contributed by atoms with Gasteiger partial charge >= 0.3 is 0 Å². The molecule has 1 aliphatic carbocycles. The highest BCUT2D eigenvalue weighted by molar-refractivity contribution is 7.81. The van der Waals surface area contributed by atoms with Crippen molar-refractivity contribution in [2.45, 2.75) is 87.8 Å². The fraction of sp³-hybridized carbons (Fsp3) is 0.667. The van der Waals surface area contributed by atoms with Crippen molar-refractivity contribution in [2.24, 2.45) is 5.92 Å². The summed E-state index contributed by atoms with van der Waals surface area (Å²) in [6.45, 7) is 6.07. The summed E-state index contributed by atoms with van der Waals surface area (Å²) in [5, 5.41) is 31.9. The predicted molar refractivity (Wildman–Crippen MR) is 121 cm³/mol. The Hall–Kier alpha value is -0.890. The number of allylic oxidation sites excluding steroid dienone is 1. The Bertz CT molecular complexity index is 764. The normalized spacial score (nSPS) is 36.9. The Kier molecular flexibility index (Phi) is 7.37. The summed E-state index contributed by atoms with van der Waals surface area (Å²) >= 11 is 4.86. The SMILES string of the molecule is COC1C(O)CCC(O)(C(S)Cc2ccccc2CO)C1C1(C)OC1CC=C(C)C. The van der Waals surface area contributed by atoms with Gasteiger partial charge in [-0.25, -0.2) is 0 Å². The maximum atomic E-state index is 12.0. The first-order chi connectivity index (χ1) is 14.2. The zero-order valence-corrected chi connectivity index (χ0v) is 19.3. The summed E-state index contributed by atoms with van der Waals surface area (Å²) in [6.07, 6.45) is 3.06. The standard InChI is InChI=1S/C24H36O5S/c1-15(2)9-10-19-23(3,29-19)22-21(28-4)18(26)11-12-24(22,27)20(30)13-16-7-5-6-8-17(16)14-25/h5-9,18-22,25-27,30H,10-14H2,1-4H3. The van der Waals surface area contributed by atoms with Gasteiger partial charge in [0.1, 0.15) is 5.60 Å². The lowest BCUT2D eigenvalue weighted by Gasteiger charge is -2.50.